The van der Waals surface area contributed by atoms with Crippen molar-refractivity contribution in [3.8, 4) is 0 Å². The first-order valence-electron chi connectivity index (χ1n) is 18.2. The molecule has 1 saturated heterocycles. The van der Waals surface area contributed by atoms with E-state index < -0.39 is 87.1 Å². The Morgan fingerprint density at radius 2 is 1.85 bits per heavy atom. The molecule has 17 heteroatoms. The van der Waals surface area contributed by atoms with E-state index in [2.05, 4.69) is 48.0 Å². The summed E-state index contributed by atoms with van der Waals surface area (Å²) in [6.07, 6.45) is 4.34. The van der Waals surface area contributed by atoms with Gasteiger partial charge in [-0.3, -0.25) is 33.6 Å². The predicted octanol–water partition coefficient (Wildman–Crippen LogP) is 2.09. The first-order valence-corrected chi connectivity index (χ1v) is 19.7. The van der Waals surface area contributed by atoms with Gasteiger partial charge in [0, 0.05) is 31.5 Å². The quantitative estimate of drug-likeness (QED) is 0.296. The zero-order valence-electron chi connectivity index (χ0n) is 31.1. The van der Waals surface area contributed by atoms with Gasteiger partial charge in [-0.1, -0.05) is 57.2 Å². The zero-order chi connectivity index (χ0) is 39.4. The molecule has 6 amide bonds. The van der Waals surface area contributed by atoms with E-state index >= 15 is 0 Å². The second-order valence-corrected chi connectivity index (χ2v) is 16.9. The van der Waals surface area contributed by atoms with Crippen LogP contribution in [0.1, 0.15) is 75.8 Å². The van der Waals surface area contributed by atoms with Crippen molar-refractivity contribution in [3.05, 3.63) is 53.6 Å². The highest BCUT2D eigenvalue weighted by Gasteiger charge is 2.62. The summed E-state index contributed by atoms with van der Waals surface area (Å²) in [5.41, 5.74) is 1.12. The highest BCUT2D eigenvalue weighted by atomic mass is 32.2. The summed E-state index contributed by atoms with van der Waals surface area (Å²) >= 11 is 0. The summed E-state index contributed by atoms with van der Waals surface area (Å²) in [6, 6.07) is 3.32. The fourth-order valence-corrected chi connectivity index (χ4v) is 7.99. The van der Waals surface area contributed by atoms with Crippen LogP contribution in [-0.2, 0) is 56.6 Å². The number of hydrogen-bond acceptors (Lipinski definition) is 10. The first-order chi connectivity index (χ1) is 25.5. The normalized spacial score (nSPS) is 27.5. The molecule has 1 aromatic carbocycles. The number of fused-ring (bicyclic) bond motifs is 3. The maximum Gasteiger partial charge on any atom is 0.410 e. The van der Waals surface area contributed by atoms with Gasteiger partial charge in [0.25, 0.3) is 5.91 Å². The third-order valence-corrected chi connectivity index (χ3v) is 11.4. The molecule has 4 N–H and O–H groups in total. The van der Waals surface area contributed by atoms with Crippen molar-refractivity contribution in [2.24, 2.45) is 11.8 Å². The molecule has 6 rings (SSSR count). The minimum Gasteiger partial charge on any atom is -0.444 e. The molecule has 5 aliphatic rings. The van der Waals surface area contributed by atoms with Crippen molar-refractivity contribution in [2.45, 2.75) is 95.4 Å². The van der Waals surface area contributed by atoms with E-state index in [1.807, 2.05) is 24.3 Å². The number of carbonyl (C=O) groups is 6. The molecule has 302 valence electrons. The van der Waals surface area contributed by atoms with Gasteiger partial charge in [-0.15, -0.1) is 6.58 Å². The zero-order valence-corrected chi connectivity index (χ0v) is 31.9. The smallest absolute Gasteiger partial charge is 0.410 e. The van der Waals surface area contributed by atoms with Crippen molar-refractivity contribution in [2.75, 3.05) is 26.3 Å². The molecule has 2 saturated carbocycles. The van der Waals surface area contributed by atoms with Gasteiger partial charge in [-0.25, -0.2) is 13.2 Å². The number of hydrogen-bond donors (Lipinski definition) is 4. The van der Waals surface area contributed by atoms with Gasteiger partial charge in [-0.2, -0.15) is 0 Å². The Bertz CT molecular complexity index is 1830. The minimum atomic E-state index is -3.92. The standard InChI is InChI=1S/C33H40N6O10S.C4H10.4H2/c1-3-22-13-33(22,31(44)37-50(46,47)24-9-10-24)36-30(43)27-12-23-16-39(27)28(41)14-34-29(42)26(35-19(2)40)18-48-11-5-8-20-6-4-7-21-15-38(17-25(20)21)32(45)49-23;1-4(2)3;;;;/h3-8,22-24,26-27H,1,9-18H2,2H3,(H,34,42)(H,35,40)(H,36,43)(H,37,44);4H,1-3H3;4*1H/b8-5+;;;;;/t22-,23-,26+,27+,33-;;;;;/m1...../s1. The molecule has 54 heavy (non-hydrogen) atoms. The molecular weight excluding hydrogens is 721 g/mol. The van der Waals surface area contributed by atoms with E-state index in [0.717, 1.165) is 27.5 Å². The lowest BCUT2D eigenvalue weighted by atomic mass is 10.0. The van der Waals surface area contributed by atoms with E-state index in [1.54, 1.807) is 6.08 Å². The van der Waals surface area contributed by atoms with Gasteiger partial charge in [0.05, 0.1) is 38.1 Å². The van der Waals surface area contributed by atoms with Crippen LogP contribution in [0.3, 0.4) is 0 Å². The second kappa shape index (κ2) is 16.7. The van der Waals surface area contributed by atoms with Gasteiger partial charge >= 0.3 is 6.09 Å². The van der Waals surface area contributed by atoms with E-state index in [-0.39, 0.29) is 44.9 Å². The second-order valence-electron chi connectivity index (χ2n) is 15.0. The monoisotopic (exact) mass is 778 g/mol. The molecule has 0 aromatic heterocycles. The SMILES string of the molecule is C=C[C@@H]1C[C@]1(NC(=O)[C@@H]1C[C@@H]2CN1C(=O)CNC(=O)[C@@H](NC(C)=O)COC/C=C/c1cccc3c1CN(C3)C(=O)O2)C(=O)NS(=O)(=O)C1CC1.CC(C)C.[HH].[HH].[HH].[HH]. The highest BCUT2D eigenvalue weighted by Crippen LogP contribution is 2.45. The summed E-state index contributed by atoms with van der Waals surface area (Å²) < 4.78 is 38.7. The van der Waals surface area contributed by atoms with Gasteiger partial charge in [0.1, 0.15) is 23.7 Å². The fraction of sp³-hybridized carbons (Fsp3) is 0.568. The van der Waals surface area contributed by atoms with Crippen LogP contribution in [0.4, 0.5) is 4.79 Å². The molecule has 3 aliphatic heterocycles. The van der Waals surface area contributed by atoms with Crippen molar-refractivity contribution in [3.63, 3.8) is 0 Å². The van der Waals surface area contributed by atoms with E-state index in [4.69, 9.17) is 9.47 Å². The van der Waals surface area contributed by atoms with Crippen LogP contribution >= 0.6 is 0 Å². The van der Waals surface area contributed by atoms with Crippen LogP contribution in [0.25, 0.3) is 6.08 Å². The third-order valence-electron chi connectivity index (χ3n) is 9.58. The van der Waals surface area contributed by atoms with Gasteiger partial charge in [-0.05, 0) is 41.9 Å². The molecule has 3 heterocycles. The lowest BCUT2D eigenvalue weighted by molar-refractivity contribution is -0.140. The lowest BCUT2D eigenvalue weighted by Crippen LogP contribution is -2.57. The Balaban J connectivity index is 0.00000201. The summed E-state index contributed by atoms with van der Waals surface area (Å²) in [5, 5.41) is 6.99. The van der Waals surface area contributed by atoms with Crippen molar-refractivity contribution in [1.82, 2.24) is 30.5 Å². The molecular formula is C37H58N6O10S. The number of nitrogens with one attached hydrogen (secondary N) is 4. The topological polar surface area (TPSA) is 210 Å². The number of sulfonamides is 1. The highest BCUT2D eigenvalue weighted by molar-refractivity contribution is 7.91. The van der Waals surface area contributed by atoms with Crippen molar-refractivity contribution in [1.29, 1.82) is 0 Å². The van der Waals surface area contributed by atoms with Crippen LogP contribution in [0, 0.1) is 11.8 Å². The maximum absolute atomic E-state index is 13.9. The molecule has 0 radical (unpaired) electrons. The number of carbonyl (C=O) groups excluding carboxylic acids is 6. The molecule has 2 aliphatic carbocycles. The average Bonchev–Trinajstić information content (AvgIpc) is 3.99. The molecule has 0 unspecified atom stereocenters. The van der Waals surface area contributed by atoms with Crippen LogP contribution in [0.5, 0.6) is 0 Å². The van der Waals surface area contributed by atoms with Crippen LogP contribution < -0.4 is 20.7 Å². The summed E-state index contributed by atoms with van der Waals surface area (Å²) in [6.45, 7) is 11.2. The van der Waals surface area contributed by atoms with E-state index in [9.17, 15) is 37.2 Å². The number of amides is 6. The van der Waals surface area contributed by atoms with Gasteiger partial charge < -0.3 is 30.3 Å². The number of rotatable bonds is 7. The summed E-state index contributed by atoms with van der Waals surface area (Å²) in [5.74, 6) is -3.25. The van der Waals surface area contributed by atoms with E-state index in [1.165, 1.54) is 17.9 Å². The molecule has 5 atom stereocenters. The first kappa shape index (κ1) is 40.4. The largest absolute Gasteiger partial charge is 0.444 e. The Morgan fingerprint density at radius 1 is 1.13 bits per heavy atom. The summed E-state index contributed by atoms with van der Waals surface area (Å²) in [4.78, 5) is 81.7. The lowest BCUT2D eigenvalue weighted by Gasteiger charge is -2.27. The predicted molar refractivity (Wildman–Crippen MR) is 205 cm³/mol. The molecule has 4 bridgehead atoms. The molecule has 1 aromatic rings. The molecule has 3 fully saturated rings. The average molecular weight is 779 g/mol. The van der Waals surface area contributed by atoms with Crippen molar-refractivity contribution < 1.29 is 52.4 Å². The maximum atomic E-state index is 13.9. The molecule has 16 nitrogen and oxygen atoms in total. The number of benzene rings is 1. The van der Waals surface area contributed by atoms with Gasteiger partial charge in [0.15, 0.2) is 0 Å². The Labute approximate surface area is 321 Å². The molecule has 0 spiro atoms. The number of ether oxygens (including phenoxy) is 2. The summed E-state index contributed by atoms with van der Waals surface area (Å²) in [7, 11) is -3.92. The Hall–Kier alpha value is -4.77. The number of nitrogens with zero attached hydrogens (tertiary/aromatic N) is 2. The van der Waals surface area contributed by atoms with Crippen LogP contribution in [0.15, 0.2) is 36.9 Å². The fourth-order valence-electron chi connectivity index (χ4n) is 6.62. The van der Waals surface area contributed by atoms with Crippen molar-refractivity contribution >= 4 is 51.7 Å². The Kier molecular flexibility index (Phi) is 12.5. The van der Waals surface area contributed by atoms with Gasteiger partial charge in [0.2, 0.25) is 33.7 Å². The van der Waals surface area contributed by atoms with Crippen LogP contribution in [-0.4, -0.2) is 109 Å². The minimum absolute atomic E-state index is 0. The third kappa shape index (κ3) is 9.66. The van der Waals surface area contributed by atoms with Crippen LogP contribution in [0.2, 0.25) is 0 Å². The van der Waals surface area contributed by atoms with E-state index in [0.29, 0.717) is 19.4 Å². The Morgan fingerprint density at radius 3 is 2.50 bits per heavy atom.